The number of aromatic nitrogens is 4. The third-order valence-corrected chi connectivity index (χ3v) is 5.78. The molecule has 1 saturated carbocycles. The van der Waals surface area contributed by atoms with Crippen molar-refractivity contribution in [2.45, 2.75) is 46.1 Å². The lowest BCUT2D eigenvalue weighted by Crippen LogP contribution is -2.39. The lowest BCUT2D eigenvalue weighted by atomic mass is 9.65. The van der Waals surface area contributed by atoms with Gasteiger partial charge >= 0.3 is 5.97 Å². The van der Waals surface area contributed by atoms with Crippen molar-refractivity contribution in [1.29, 1.82) is 0 Å². The highest BCUT2D eigenvalue weighted by molar-refractivity contribution is 5.94. The molecule has 2 aliphatic rings. The van der Waals surface area contributed by atoms with Crippen LogP contribution in [-0.4, -0.2) is 56.2 Å². The first-order chi connectivity index (χ1) is 13.3. The van der Waals surface area contributed by atoms with Crippen LogP contribution in [0.2, 0.25) is 0 Å². The zero-order valence-corrected chi connectivity index (χ0v) is 16.5. The fraction of sp³-hybridized carbons (Fsp3) is 0.550. The van der Waals surface area contributed by atoms with Crippen LogP contribution in [0.15, 0.2) is 30.6 Å². The Hall–Kier alpha value is -2.77. The number of fused-ring (bicyclic) bond motifs is 2. The largest absolute Gasteiger partial charge is 0.452 e. The fourth-order valence-corrected chi connectivity index (χ4v) is 5.16. The van der Waals surface area contributed by atoms with Crippen LogP contribution >= 0.6 is 0 Å². The molecule has 8 heteroatoms. The quantitative estimate of drug-likeness (QED) is 0.752. The molecule has 0 spiro atoms. The van der Waals surface area contributed by atoms with Crippen molar-refractivity contribution < 1.29 is 14.3 Å². The van der Waals surface area contributed by atoms with E-state index in [-0.39, 0.29) is 29.4 Å². The monoisotopic (exact) mass is 383 g/mol. The Morgan fingerprint density at radius 2 is 2.00 bits per heavy atom. The van der Waals surface area contributed by atoms with Crippen LogP contribution in [0.4, 0.5) is 0 Å². The average molecular weight is 383 g/mol. The molecule has 0 radical (unpaired) electrons. The predicted octanol–water partition coefficient (Wildman–Crippen LogP) is 2.25. The summed E-state index contributed by atoms with van der Waals surface area (Å²) >= 11 is 0. The van der Waals surface area contributed by atoms with E-state index in [0.717, 1.165) is 25.8 Å². The minimum atomic E-state index is -0.562. The normalized spacial score (nSPS) is 25.5. The highest BCUT2D eigenvalue weighted by Gasteiger charge is 2.50. The SMILES string of the molecule is CC1(C)C[C@H]2C[C@](C)(CN2C(=O)COC(=O)c2ccccc2-n2cnnn2)C1. The highest BCUT2D eigenvalue weighted by atomic mass is 16.5. The fourth-order valence-electron chi connectivity index (χ4n) is 5.16. The Bertz CT molecular complexity index is 895. The molecule has 0 N–H and O–H groups in total. The Morgan fingerprint density at radius 3 is 2.75 bits per heavy atom. The van der Waals surface area contributed by atoms with Crippen LogP contribution in [0.1, 0.15) is 50.4 Å². The number of ether oxygens (including phenoxy) is 1. The number of rotatable bonds is 4. The van der Waals surface area contributed by atoms with E-state index in [9.17, 15) is 9.59 Å². The number of amides is 1. The van der Waals surface area contributed by atoms with Crippen molar-refractivity contribution in [2.75, 3.05) is 13.2 Å². The number of tetrazole rings is 1. The lowest BCUT2D eigenvalue weighted by Gasteiger charge is -2.39. The van der Waals surface area contributed by atoms with Crippen LogP contribution in [0.5, 0.6) is 0 Å². The Kier molecular flexibility index (Phi) is 4.44. The topological polar surface area (TPSA) is 90.2 Å². The number of para-hydroxylation sites is 1. The maximum Gasteiger partial charge on any atom is 0.340 e. The standard InChI is InChI=1S/C20H25N5O3/c1-19(2)8-14-9-20(3,11-19)12-24(14)17(26)10-28-18(27)15-6-4-5-7-16(15)25-13-21-22-23-25/h4-7,13-14H,8-12H2,1-3H3/t14-,20-/m0/s1. The zero-order valence-electron chi connectivity index (χ0n) is 16.5. The van der Waals surface area contributed by atoms with E-state index in [4.69, 9.17) is 4.74 Å². The Balaban J connectivity index is 1.43. The second kappa shape index (κ2) is 6.68. The predicted molar refractivity (Wildman–Crippen MR) is 101 cm³/mol. The van der Waals surface area contributed by atoms with E-state index < -0.39 is 5.97 Å². The molecule has 2 fully saturated rings. The first-order valence-electron chi connectivity index (χ1n) is 9.55. The van der Waals surface area contributed by atoms with Gasteiger partial charge in [0.1, 0.15) is 6.33 Å². The summed E-state index contributed by atoms with van der Waals surface area (Å²) < 4.78 is 6.76. The number of hydrogen-bond donors (Lipinski definition) is 0. The van der Waals surface area contributed by atoms with Gasteiger partial charge in [-0.15, -0.1) is 5.10 Å². The number of hydrogen-bond acceptors (Lipinski definition) is 6. The van der Waals surface area contributed by atoms with Gasteiger partial charge in [-0.25, -0.2) is 4.79 Å². The zero-order chi connectivity index (χ0) is 19.9. The minimum Gasteiger partial charge on any atom is -0.452 e. The molecular weight excluding hydrogens is 358 g/mol. The summed E-state index contributed by atoms with van der Waals surface area (Å²) in [5.74, 6) is -0.687. The Morgan fingerprint density at radius 1 is 1.21 bits per heavy atom. The van der Waals surface area contributed by atoms with Gasteiger partial charge in [0, 0.05) is 12.6 Å². The van der Waals surface area contributed by atoms with Crippen LogP contribution in [0.3, 0.4) is 0 Å². The van der Waals surface area contributed by atoms with Gasteiger partial charge in [0.2, 0.25) is 0 Å². The van der Waals surface area contributed by atoms with Crippen molar-refractivity contribution in [3.8, 4) is 5.69 Å². The molecule has 1 amide bonds. The molecule has 1 aromatic carbocycles. The number of nitrogens with zero attached hydrogens (tertiary/aromatic N) is 5. The highest BCUT2D eigenvalue weighted by Crippen LogP contribution is 2.52. The summed E-state index contributed by atoms with van der Waals surface area (Å²) in [6, 6.07) is 7.11. The molecule has 0 unspecified atom stereocenters. The summed E-state index contributed by atoms with van der Waals surface area (Å²) in [7, 11) is 0. The van der Waals surface area contributed by atoms with Gasteiger partial charge in [-0.3, -0.25) is 4.79 Å². The van der Waals surface area contributed by atoms with E-state index >= 15 is 0 Å². The first-order valence-corrected chi connectivity index (χ1v) is 9.55. The van der Waals surface area contributed by atoms with Crippen molar-refractivity contribution in [3.05, 3.63) is 36.2 Å². The number of carbonyl (C=O) groups excluding carboxylic acids is 2. The molecule has 1 aliphatic heterocycles. The van der Waals surface area contributed by atoms with Crippen molar-refractivity contribution in [1.82, 2.24) is 25.1 Å². The molecule has 1 aromatic heterocycles. The molecule has 2 heterocycles. The molecule has 1 aliphatic carbocycles. The molecule has 2 aromatic rings. The van der Waals surface area contributed by atoms with E-state index in [2.05, 4.69) is 36.3 Å². The van der Waals surface area contributed by atoms with E-state index in [1.54, 1.807) is 24.3 Å². The maximum atomic E-state index is 12.8. The molecule has 4 rings (SSSR count). The second-order valence-corrected chi connectivity index (χ2v) is 9.08. The van der Waals surface area contributed by atoms with E-state index in [1.807, 2.05) is 4.90 Å². The molecule has 28 heavy (non-hydrogen) atoms. The van der Waals surface area contributed by atoms with Gasteiger partial charge in [0.25, 0.3) is 5.91 Å². The molecule has 148 valence electrons. The van der Waals surface area contributed by atoms with Gasteiger partial charge in [-0.05, 0) is 52.7 Å². The van der Waals surface area contributed by atoms with Gasteiger partial charge in [0.05, 0.1) is 11.3 Å². The number of benzene rings is 1. The first kappa shape index (κ1) is 18.6. The maximum absolute atomic E-state index is 12.8. The van der Waals surface area contributed by atoms with Crippen molar-refractivity contribution >= 4 is 11.9 Å². The summed E-state index contributed by atoms with van der Waals surface area (Å²) in [4.78, 5) is 27.3. The third kappa shape index (κ3) is 3.50. The smallest absolute Gasteiger partial charge is 0.340 e. The number of esters is 1. The second-order valence-electron chi connectivity index (χ2n) is 9.08. The van der Waals surface area contributed by atoms with Crippen LogP contribution in [0.25, 0.3) is 5.69 Å². The summed E-state index contributed by atoms with van der Waals surface area (Å²) in [6.45, 7) is 7.26. The van der Waals surface area contributed by atoms with Crippen molar-refractivity contribution in [2.24, 2.45) is 10.8 Å². The third-order valence-electron chi connectivity index (χ3n) is 5.78. The van der Waals surface area contributed by atoms with Gasteiger partial charge < -0.3 is 9.64 Å². The average Bonchev–Trinajstić information content (AvgIpc) is 3.24. The van der Waals surface area contributed by atoms with Crippen LogP contribution in [0, 0.1) is 10.8 Å². The molecule has 2 atom stereocenters. The van der Waals surface area contributed by atoms with Crippen LogP contribution < -0.4 is 0 Å². The molecule has 1 saturated heterocycles. The van der Waals surface area contributed by atoms with Gasteiger partial charge in [-0.1, -0.05) is 32.9 Å². The van der Waals surface area contributed by atoms with E-state index in [0.29, 0.717) is 11.3 Å². The van der Waals surface area contributed by atoms with E-state index in [1.165, 1.54) is 11.0 Å². The van der Waals surface area contributed by atoms with Crippen molar-refractivity contribution in [3.63, 3.8) is 0 Å². The number of likely N-dealkylation sites (tertiary alicyclic amines) is 1. The van der Waals surface area contributed by atoms with Gasteiger partial charge in [-0.2, -0.15) is 4.68 Å². The molecular formula is C20H25N5O3. The summed E-state index contributed by atoms with van der Waals surface area (Å²) in [6.07, 6.45) is 4.53. The van der Waals surface area contributed by atoms with Crippen LogP contribution in [-0.2, 0) is 9.53 Å². The lowest BCUT2D eigenvalue weighted by molar-refractivity contribution is -0.135. The Labute approximate surface area is 163 Å². The summed E-state index contributed by atoms with van der Waals surface area (Å²) in [5, 5.41) is 11.0. The van der Waals surface area contributed by atoms with Gasteiger partial charge in [0.15, 0.2) is 6.61 Å². The number of carbonyl (C=O) groups is 2. The minimum absolute atomic E-state index is 0.125. The molecule has 8 nitrogen and oxygen atoms in total. The molecule has 2 bridgehead atoms. The summed E-state index contributed by atoms with van der Waals surface area (Å²) in [5.41, 5.74) is 1.21.